The minimum absolute atomic E-state index is 0.0340. The summed E-state index contributed by atoms with van der Waals surface area (Å²) in [5.41, 5.74) is 0.365. The number of nitrogens with zero attached hydrogens (tertiary/aromatic N) is 3. The Morgan fingerprint density at radius 1 is 1.43 bits per heavy atom. The first-order chi connectivity index (χ1) is 9.93. The zero-order valence-corrected chi connectivity index (χ0v) is 13.1. The maximum atomic E-state index is 12.3. The lowest BCUT2D eigenvalue weighted by molar-refractivity contribution is 0.0747. The molecule has 1 amide bonds. The van der Waals surface area contributed by atoms with Gasteiger partial charge in [0.2, 0.25) is 5.95 Å². The van der Waals surface area contributed by atoms with Gasteiger partial charge in [-0.05, 0) is 12.8 Å². The van der Waals surface area contributed by atoms with Crippen LogP contribution in [0, 0.1) is 0 Å². The van der Waals surface area contributed by atoms with E-state index in [0.717, 1.165) is 13.0 Å². The molecule has 1 aliphatic rings. The van der Waals surface area contributed by atoms with Crippen LogP contribution in [0.2, 0.25) is 0 Å². The molecule has 1 unspecified atom stereocenters. The third kappa shape index (κ3) is 3.90. The monoisotopic (exact) mass is 312 g/mol. The maximum absolute atomic E-state index is 12.3. The maximum Gasteiger partial charge on any atom is 0.257 e. The van der Waals surface area contributed by atoms with E-state index in [1.807, 2.05) is 6.92 Å². The molecule has 1 N–H and O–H groups in total. The summed E-state index contributed by atoms with van der Waals surface area (Å²) in [4.78, 5) is 21.9. The first kappa shape index (κ1) is 15.7. The Balaban J connectivity index is 2.02. The second-order valence-corrected chi connectivity index (χ2v) is 7.42. The number of amides is 1. The van der Waals surface area contributed by atoms with Gasteiger partial charge >= 0.3 is 0 Å². The van der Waals surface area contributed by atoms with Gasteiger partial charge in [-0.25, -0.2) is 18.4 Å². The van der Waals surface area contributed by atoms with E-state index < -0.39 is 9.84 Å². The van der Waals surface area contributed by atoms with Crippen LogP contribution in [0.1, 0.15) is 30.1 Å². The molecule has 1 fully saturated rings. The van der Waals surface area contributed by atoms with Crippen LogP contribution in [-0.4, -0.2) is 60.3 Å². The first-order valence-electron chi connectivity index (χ1n) is 6.96. The smallest absolute Gasteiger partial charge is 0.257 e. The molecule has 2 heterocycles. The van der Waals surface area contributed by atoms with Gasteiger partial charge in [0, 0.05) is 32.0 Å². The summed E-state index contributed by atoms with van der Waals surface area (Å²) >= 11 is 0. The standard InChI is InChI=1S/C13H20N4O3S/c1-3-5-14-13-15-7-10(8-16-13)12(18)17(2)11-4-6-21(19,20)9-11/h7-8,11H,3-6,9H2,1-2H3,(H,14,15,16). The zero-order chi connectivity index (χ0) is 15.5. The van der Waals surface area contributed by atoms with Crippen molar-refractivity contribution in [1.29, 1.82) is 0 Å². The average Bonchev–Trinajstić information content (AvgIpc) is 2.84. The number of nitrogens with one attached hydrogen (secondary N) is 1. The van der Waals surface area contributed by atoms with Crippen LogP contribution in [0.5, 0.6) is 0 Å². The molecule has 2 rings (SSSR count). The molecule has 0 bridgehead atoms. The third-order valence-electron chi connectivity index (χ3n) is 3.51. The lowest BCUT2D eigenvalue weighted by Gasteiger charge is -2.23. The van der Waals surface area contributed by atoms with E-state index >= 15 is 0 Å². The van der Waals surface area contributed by atoms with Crippen molar-refractivity contribution < 1.29 is 13.2 Å². The van der Waals surface area contributed by atoms with Gasteiger partial charge < -0.3 is 10.2 Å². The van der Waals surface area contributed by atoms with Crippen molar-refractivity contribution in [2.24, 2.45) is 0 Å². The predicted octanol–water partition coefficient (Wildman–Crippen LogP) is 0.558. The molecule has 0 spiro atoms. The lowest BCUT2D eigenvalue weighted by Crippen LogP contribution is -2.37. The lowest BCUT2D eigenvalue weighted by atomic mass is 10.2. The number of anilines is 1. The molecule has 1 aromatic rings. The van der Waals surface area contributed by atoms with Gasteiger partial charge in [-0.3, -0.25) is 4.79 Å². The molecular weight excluding hydrogens is 292 g/mol. The number of carbonyl (C=O) groups excluding carboxylic acids is 1. The fraction of sp³-hybridized carbons (Fsp3) is 0.615. The highest BCUT2D eigenvalue weighted by molar-refractivity contribution is 7.91. The van der Waals surface area contributed by atoms with Crippen molar-refractivity contribution in [3.8, 4) is 0 Å². The van der Waals surface area contributed by atoms with Gasteiger partial charge in [-0.1, -0.05) is 6.92 Å². The fourth-order valence-electron chi connectivity index (χ4n) is 2.22. The number of hydrogen-bond acceptors (Lipinski definition) is 6. The molecule has 116 valence electrons. The van der Waals surface area contributed by atoms with Gasteiger partial charge in [0.05, 0.1) is 17.1 Å². The van der Waals surface area contributed by atoms with Gasteiger partial charge in [0.1, 0.15) is 0 Å². The van der Waals surface area contributed by atoms with Crippen molar-refractivity contribution >= 4 is 21.7 Å². The van der Waals surface area contributed by atoms with Gasteiger partial charge in [0.25, 0.3) is 5.91 Å². The molecule has 7 nitrogen and oxygen atoms in total. The number of sulfone groups is 1. The number of hydrogen-bond donors (Lipinski definition) is 1. The van der Waals surface area contributed by atoms with Crippen LogP contribution < -0.4 is 5.32 Å². The Kier molecular flexibility index (Phi) is 4.76. The summed E-state index contributed by atoms with van der Waals surface area (Å²) in [6.07, 6.45) is 4.38. The van der Waals surface area contributed by atoms with Crippen LogP contribution in [0.3, 0.4) is 0 Å². The van der Waals surface area contributed by atoms with Crippen LogP contribution in [0.25, 0.3) is 0 Å². The van der Waals surface area contributed by atoms with Crippen LogP contribution in [0.4, 0.5) is 5.95 Å². The van der Waals surface area contributed by atoms with E-state index in [9.17, 15) is 13.2 Å². The highest BCUT2D eigenvalue weighted by Gasteiger charge is 2.33. The van der Waals surface area contributed by atoms with Crippen molar-refractivity contribution in [3.63, 3.8) is 0 Å². The minimum Gasteiger partial charge on any atom is -0.354 e. The zero-order valence-electron chi connectivity index (χ0n) is 12.2. The molecule has 0 saturated carbocycles. The molecular formula is C13H20N4O3S. The molecule has 1 aliphatic heterocycles. The largest absolute Gasteiger partial charge is 0.354 e. The van der Waals surface area contributed by atoms with Gasteiger partial charge in [0.15, 0.2) is 9.84 Å². The highest BCUT2D eigenvalue weighted by atomic mass is 32.2. The topological polar surface area (TPSA) is 92.3 Å². The Morgan fingerprint density at radius 2 is 2.10 bits per heavy atom. The van der Waals surface area contributed by atoms with E-state index in [1.165, 1.54) is 17.3 Å². The molecule has 0 aliphatic carbocycles. The summed E-state index contributed by atoms with van der Waals surface area (Å²) in [6.45, 7) is 2.81. The molecule has 0 aromatic carbocycles. The van der Waals surface area contributed by atoms with E-state index in [0.29, 0.717) is 17.9 Å². The van der Waals surface area contributed by atoms with Crippen molar-refractivity contribution in [2.45, 2.75) is 25.8 Å². The first-order valence-corrected chi connectivity index (χ1v) is 8.78. The SMILES string of the molecule is CCCNc1ncc(C(=O)N(C)C2CCS(=O)(=O)C2)cn1. The van der Waals surface area contributed by atoms with Crippen LogP contribution in [0.15, 0.2) is 12.4 Å². The number of aromatic nitrogens is 2. The summed E-state index contributed by atoms with van der Waals surface area (Å²) in [5, 5.41) is 3.03. The molecule has 1 aromatic heterocycles. The van der Waals surface area contributed by atoms with Crippen LogP contribution >= 0.6 is 0 Å². The Hall–Kier alpha value is -1.70. The second-order valence-electron chi connectivity index (χ2n) is 5.20. The Labute approximate surface area is 124 Å². The molecule has 1 atom stereocenters. The molecule has 21 heavy (non-hydrogen) atoms. The normalized spacial score (nSPS) is 20.2. The third-order valence-corrected chi connectivity index (χ3v) is 5.26. The Bertz CT molecular complexity index is 600. The average molecular weight is 312 g/mol. The predicted molar refractivity (Wildman–Crippen MR) is 80.0 cm³/mol. The van der Waals surface area contributed by atoms with E-state index in [-0.39, 0.29) is 23.5 Å². The highest BCUT2D eigenvalue weighted by Crippen LogP contribution is 2.18. The summed E-state index contributed by atoms with van der Waals surface area (Å²) < 4.78 is 23.0. The second kappa shape index (κ2) is 6.38. The van der Waals surface area contributed by atoms with E-state index in [1.54, 1.807) is 7.05 Å². The quantitative estimate of drug-likeness (QED) is 0.854. The van der Waals surface area contributed by atoms with Crippen LogP contribution in [-0.2, 0) is 9.84 Å². The van der Waals surface area contributed by atoms with Gasteiger partial charge in [-0.2, -0.15) is 0 Å². The molecule has 0 radical (unpaired) electrons. The fourth-order valence-corrected chi connectivity index (χ4v) is 3.99. The summed E-state index contributed by atoms with van der Waals surface area (Å²) in [6, 6.07) is -0.264. The van der Waals surface area contributed by atoms with Crippen molar-refractivity contribution in [3.05, 3.63) is 18.0 Å². The molecule has 1 saturated heterocycles. The van der Waals surface area contributed by atoms with Crippen molar-refractivity contribution in [2.75, 3.05) is 30.4 Å². The van der Waals surface area contributed by atoms with Gasteiger partial charge in [-0.15, -0.1) is 0 Å². The van der Waals surface area contributed by atoms with Crippen molar-refractivity contribution in [1.82, 2.24) is 14.9 Å². The van der Waals surface area contributed by atoms with E-state index in [4.69, 9.17) is 0 Å². The summed E-state index contributed by atoms with van der Waals surface area (Å²) in [7, 11) is -1.39. The molecule has 8 heteroatoms. The Morgan fingerprint density at radius 3 is 2.62 bits per heavy atom. The number of carbonyl (C=O) groups is 1. The number of rotatable bonds is 5. The minimum atomic E-state index is -3.01. The summed E-state index contributed by atoms with van der Waals surface area (Å²) in [5.74, 6) is 0.413. The van der Waals surface area contributed by atoms with E-state index in [2.05, 4.69) is 15.3 Å².